The van der Waals surface area contributed by atoms with E-state index in [1.165, 1.54) is 18.2 Å². The maximum atomic E-state index is 11.9. The third-order valence-corrected chi connectivity index (χ3v) is 4.34. The number of anilines is 1. The molecular formula is C17H16BrN3O4S. The molecule has 2 aromatic carbocycles. The fourth-order valence-electron chi connectivity index (χ4n) is 2.07. The number of rotatable bonds is 6. The molecule has 0 atom stereocenters. The van der Waals surface area contributed by atoms with E-state index in [1.807, 2.05) is 25.1 Å². The van der Waals surface area contributed by atoms with Gasteiger partial charge in [-0.25, -0.2) is 0 Å². The molecule has 0 spiro atoms. The zero-order chi connectivity index (χ0) is 19.1. The maximum absolute atomic E-state index is 11.9. The Kier molecular flexibility index (Phi) is 7.05. The number of hydrogen-bond acceptors (Lipinski definition) is 5. The van der Waals surface area contributed by atoms with Crippen molar-refractivity contribution in [3.8, 4) is 0 Å². The van der Waals surface area contributed by atoms with Gasteiger partial charge in [0, 0.05) is 17.1 Å². The highest BCUT2D eigenvalue weighted by molar-refractivity contribution is 9.10. The van der Waals surface area contributed by atoms with Crippen LogP contribution in [0.4, 0.5) is 11.4 Å². The van der Waals surface area contributed by atoms with Crippen LogP contribution in [0.1, 0.15) is 11.1 Å². The first kappa shape index (κ1) is 19.8. The number of halogens is 1. The summed E-state index contributed by atoms with van der Waals surface area (Å²) in [7, 11) is 0. The maximum Gasteiger partial charge on any atom is 0.292 e. The van der Waals surface area contributed by atoms with Gasteiger partial charge in [0.15, 0.2) is 6.61 Å². The zero-order valence-electron chi connectivity index (χ0n) is 13.8. The van der Waals surface area contributed by atoms with E-state index >= 15 is 0 Å². The van der Waals surface area contributed by atoms with Crippen LogP contribution in [0.25, 0.3) is 0 Å². The number of aryl methyl sites for hydroxylation is 1. The Bertz CT molecular complexity index is 845. The fraction of sp³-hybridized carbons (Fsp3) is 0.176. The Morgan fingerprint density at radius 2 is 2.04 bits per heavy atom. The molecule has 0 aromatic heterocycles. The van der Waals surface area contributed by atoms with Crippen molar-refractivity contribution < 1.29 is 14.5 Å². The van der Waals surface area contributed by atoms with Crippen LogP contribution in [0.2, 0.25) is 0 Å². The summed E-state index contributed by atoms with van der Waals surface area (Å²) < 4.78 is 6.13. The molecule has 0 unspecified atom stereocenters. The lowest BCUT2D eigenvalue weighted by Gasteiger charge is -2.11. The molecule has 7 nitrogen and oxygen atoms in total. The average molecular weight is 438 g/mol. The molecule has 0 fully saturated rings. The number of nitrogens with one attached hydrogen (secondary N) is 2. The van der Waals surface area contributed by atoms with Gasteiger partial charge in [0.2, 0.25) is 0 Å². The van der Waals surface area contributed by atoms with E-state index in [0.717, 1.165) is 15.6 Å². The van der Waals surface area contributed by atoms with Crippen LogP contribution in [0, 0.1) is 17.0 Å². The van der Waals surface area contributed by atoms with Gasteiger partial charge in [0.25, 0.3) is 16.8 Å². The third-order valence-electron chi connectivity index (χ3n) is 3.34. The second-order valence-electron chi connectivity index (χ2n) is 5.35. The summed E-state index contributed by atoms with van der Waals surface area (Å²) in [5.41, 5.74) is 2.04. The predicted octanol–water partition coefficient (Wildman–Crippen LogP) is 3.70. The first-order valence-corrected chi connectivity index (χ1v) is 8.76. The van der Waals surface area contributed by atoms with E-state index < -0.39 is 10.8 Å². The molecule has 1 amide bonds. The molecule has 26 heavy (non-hydrogen) atoms. The molecule has 2 rings (SSSR count). The predicted molar refractivity (Wildman–Crippen MR) is 106 cm³/mol. The van der Waals surface area contributed by atoms with E-state index in [9.17, 15) is 14.9 Å². The number of nitrogens with zero attached hydrogens (tertiary/aromatic N) is 1. The topological polar surface area (TPSA) is 93.5 Å². The summed E-state index contributed by atoms with van der Waals surface area (Å²) in [4.78, 5) is 22.3. The Morgan fingerprint density at radius 3 is 2.73 bits per heavy atom. The lowest BCUT2D eigenvalue weighted by atomic mass is 10.1. The molecule has 2 aromatic rings. The Hall–Kier alpha value is -2.52. The van der Waals surface area contributed by atoms with Gasteiger partial charge in [-0.1, -0.05) is 40.2 Å². The van der Waals surface area contributed by atoms with Crippen LogP contribution < -0.4 is 10.6 Å². The number of benzene rings is 2. The van der Waals surface area contributed by atoms with Gasteiger partial charge in [0.1, 0.15) is 5.69 Å². The Labute approximate surface area is 164 Å². The molecule has 0 bridgehead atoms. The van der Waals surface area contributed by atoms with E-state index in [1.54, 1.807) is 6.07 Å². The smallest absolute Gasteiger partial charge is 0.292 e. The zero-order valence-corrected chi connectivity index (χ0v) is 16.2. The number of ether oxygens (including phenoxy) is 1. The minimum atomic E-state index is -0.567. The van der Waals surface area contributed by atoms with Gasteiger partial charge in [-0.2, -0.15) is 0 Å². The van der Waals surface area contributed by atoms with Crippen LogP contribution in [0.5, 0.6) is 0 Å². The number of amides is 1. The number of nitro benzene ring substituents is 1. The number of carbonyl (C=O) groups excluding carboxylic acids is 1. The molecule has 136 valence electrons. The standard InChI is InChI=1S/C17H16BrN3O4S/c1-11-6-7-12(13(18)8-11)9-19-17(26)25-10-16(22)20-14-4-2-3-5-15(14)21(23)24/h2-8H,9-10H2,1H3,(H,19,26)(H,20,22). The fourth-order valence-corrected chi connectivity index (χ4v) is 2.83. The molecule has 0 saturated carbocycles. The van der Waals surface area contributed by atoms with Crippen LogP contribution in [0.3, 0.4) is 0 Å². The van der Waals surface area contributed by atoms with Crippen molar-refractivity contribution in [3.63, 3.8) is 0 Å². The van der Waals surface area contributed by atoms with E-state index in [4.69, 9.17) is 17.0 Å². The minimum absolute atomic E-state index is 0.0650. The van der Waals surface area contributed by atoms with Gasteiger partial charge >= 0.3 is 0 Å². The molecule has 2 N–H and O–H groups in total. The van der Waals surface area contributed by atoms with Gasteiger partial charge in [-0.15, -0.1) is 0 Å². The molecule has 0 aliphatic heterocycles. The second-order valence-corrected chi connectivity index (χ2v) is 6.57. The summed E-state index contributed by atoms with van der Waals surface area (Å²) in [5, 5.41) is 16.3. The van der Waals surface area contributed by atoms with E-state index in [2.05, 4.69) is 26.6 Å². The quantitative estimate of drug-likeness (QED) is 0.406. The highest BCUT2D eigenvalue weighted by atomic mass is 79.9. The summed E-state index contributed by atoms with van der Waals surface area (Å²) >= 11 is 8.51. The van der Waals surface area contributed by atoms with Crippen molar-refractivity contribution in [1.29, 1.82) is 0 Å². The Balaban J connectivity index is 1.82. The van der Waals surface area contributed by atoms with Gasteiger partial charge < -0.3 is 15.4 Å². The largest absolute Gasteiger partial charge is 0.461 e. The van der Waals surface area contributed by atoms with Gasteiger partial charge in [-0.3, -0.25) is 14.9 Å². The molecule has 0 aliphatic rings. The van der Waals surface area contributed by atoms with Crippen molar-refractivity contribution in [1.82, 2.24) is 5.32 Å². The monoisotopic (exact) mass is 437 g/mol. The summed E-state index contributed by atoms with van der Waals surface area (Å²) in [6.07, 6.45) is 0. The normalized spacial score (nSPS) is 10.1. The summed E-state index contributed by atoms with van der Waals surface area (Å²) in [6, 6.07) is 11.8. The van der Waals surface area contributed by atoms with Crippen molar-refractivity contribution in [2.24, 2.45) is 0 Å². The first-order valence-electron chi connectivity index (χ1n) is 7.55. The van der Waals surface area contributed by atoms with Gasteiger partial charge in [0.05, 0.1) is 4.92 Å². The van der Waals surface area contributed by atoms with Crippen molar-refractivity contribution in [3.05, 3.63) is 68.2 Å². The van der Waals surface area contributed by atoms with Crippen LogP contribution in [0.15, 0.2) is 46.9 Å². The van der Waals surface area contributed by atoms with Gasteiger partial charge in [-0.05, 0) is 42.4 Å². The Morgan fingerprint density at radius 1 is 1.31 bits per heavy atom. The number of para-hydroxylation sites is 2. The van der Waals surface area contributed by atoms with E-state index in [0.29, 0.717) is 6.54 Å². The average Bonchev–Trinajstić information content (AvgIpc) is 2.59. The lowest BCUT2D eigenvalue weighted by molar-refractivity contribution is -0.383. The van der Waals surface area contributed by atoms with Crippen LogP contribution >= 0.6 is 28.1 Å². The molecule has 0 aliphatic carbocycles. The molecular weight excluding hydrogens is 422 g/mol. The van der Waals surface area contributed by atoms with Crippen LogP contribution in [-0.4, -0.2) is 22.6 Å². The summed E-state index contributed by atoms with van der Waals surface area (Å²) in [6.45, 7) is 2.07. The van der Waals surface area contributed by atoms with Crippen molar-refractivity contribution >= 4 is 50.6 Å². The number of carbonyl (C=O) groups is 1. The summed E-state index contributed by atoms with van der Waals surface area (Å²) in [5.74, 6) is -0.542. The number of thiocarbonyl (C=S) groups is 1. The van der Waals surface area contributed by atoms with Crippen LogP contribution in [-0.2, 0) is 16.1 Å². The second kappa shape index (κ2) is 9.25. The highest BCUT2D eigenvalue weighted by Crippen LogP contribution is 2.23. The first-order chi connectivity index (χ1) is 12.4. The highest BCUT2D eigenvalue weighted by Gasteiger charge is 2.15. The SMILES string of the molecule is Cc1ccc(CNC(=S)OCC(=O)Nc2ccccc2[N+](=O)[O-])c(Br)c1. The molecule has 0 saturated heterocycles. The molecule has 0 heterocycles. The van der Waals surface area contributed by atoms with Crippen molar-refractivity contribution in [2.45, 2.75) is 13.5 Å². The number of nitro groups is 1. The lowest BCUT2D eigenvalue weighted by Crippen LogP contribution is -2.28. The van der Waals surface area contributed by atoms with E-state index in [-0.39, 0.29) is 23.2 Å². The minimum Gasteiger partial charge on any atom is -0.461 e. The number of hydrogen-bond donors (Lipinski definition) is 2. The molecule has 9 heteroatoms. The van der Waals surface area contributed by atoms with Crippen molar-refractivity contribution in [2.75, 3.05) is 11.9 Å². The molecule has 0 radical (unpaired) electrons. The third kappa shape index (κ3) is 5.78.